The largest absolute Gasteiger partial charge is 0.482 e. The van der Waals surface area contributed by atoms with Gasteiger partial charge in [0.2, 0.25) is 0 Å². The summed E-state index contributed by atoms with van der Waals surface area (Å²) in [6.07, 6.45) is -0.568. The minimum atomic E-state index is -1.28. The summed E-state index contributed by atoms with van der Waals surface area (Å²) >= 11 is 0.750. The van der Waals surface area contributed by atoms with Crippen LogP contribution >= 0.6 is 11.8 Å². The molecule has 0 saturated carbocycles. The summed E-state index contributed by atoms with van der Waals surface area (Å²) in [5.74, 6) is -2.96. The molecule has 1 aliphatic rings. The number of fused-ring (bicyclic) bond motifs is 1. The van der Waals surface area contributed by atoms with Gasteiger partial charge in [0.05, 0.1) is 17.9 Å². The van der Waals surface area contributed by atoms with E-state index in [0.29, 0.717) is 11.4 Å². The summed E-state index contributed by atoms with van der Waals surface area (Å²) < 4.78 is 5.17. The van der Waals surface area contributed by atoms with Gasteiger partial charge in [-0.3, -0.25) is 19.2 Å². The van der Waals surface area contributed by atoms with Crippen LogP contribution in [0.5, 0.6) is 5.75 Å². The Labute approximate surface area is 134 Å². The Kier molecular flexibility index (Phi) is 5.22. The van der Waals surface area contributed by atoms with E-state index in [2.05, 4.69) is 5.32 Å². The second-order valence-electron chi connectivity index (χ2n) is 4.71. The van der Waals surface area contributed by atoms with Gasteiger partial charge in [-0.15, -0.1) is 11.8 Å². The molecule has 1 aliphatic heterocycles. The lowest BCUT2D eigenvalue weighted by molar-refractivity contribution is -0.142. The third-order valence-corrected chi connectivity index (χ3v) is 4.18. The number of nitrogens with one attached hydrogen (secondary N) is 1. The van der Waals surface area contributed by atoms with Gasteiger partial charge in [0.1, 0.15) is 11.0 Å². The first-order valence-electron chi connectivity index (χ1n) is 6.53. The average Bonchev–Trinajstić information content (AvgIpc) is 2.49. The van der Waals surface area contributed by atoms with Crippen LogP contribution in [0.4, 0.5) is 5.69 Å². The predicted molar refractivity (Wildman–Crippen MR) is 81.0 cm³/mol. The van der Waals surface area contributed by atoms with E-state index in [-0.39, 0.29) is 29.6 Å². The van der Waals surface area contributed by atoms with Crippen LogP contribution in [0.1, 0.15) is 16.8 Å². The van der Waals surface area contributed by atoms with Crippen molar-refractivity contribution < 1.29 is 34.1 Å². The number of anilines is 1. The van der Waals surface area contributed by atoms with Gasteiger partial charge in [-0.25, -0.2) is 0 Å². The highest BCUT2D eigenvalue weighted by molar-refractivity contribution is 8.01. The molecule has 0 saturated heterocycles. The molecule has 3 N–H and O–H groups in total. The second kappa shape index (κ2) is 7.14. The number of rotatable bonds is 7. The number of ether oxygens (including phenoxy) is 1. The van der Waals surface area contributed by atoms with Crippen LogP contribution in [0.15, 0.2) is 18.2 Å². The summed E-state index contributed by atoms with van der Waals surface area (Å²) in [7, 11) is 0. The fourth-order valence-electron chi connectivity index (χ4n) is 1.89. The molecule has 23 heavy (non-hydrogen) atoms. The van der Waals surface area contributed by atoms with Gasteiger partial charge < -0.3 is 20.3 Å². The quantitative estimate of drug-likeness (QED) is 0.624. The Morgan fingerprint density at radius 2 is 2.04 bits per heavy atom. The van der Waals surface area contributed by atoms with Gasteiger partial charge >= 0.3 is 11.9 Å². The first-order valence-corrected chi connectivity index (χ1v) is 7.58. The molecule has 0 radical (unpaired) electrons. The number of carbonyl (C=O) groups is 4. The van der Waals surface area contributed by atoms with Crippen molar-refractivity contribution in [2.45, 2.75) is 11.7 Å². The van der Waals surface area contributed by atoms with Crippen LogP contribution in [0, 0.1) is 0 Å². The topological polar surface area (TPSA) is 130 Å². The zero-order valence-electron chi connectivity index (χ0n) is 11.8. The zero-order valence-corrected chi connectivity index (χ0v) is 12.6. The third-order valence-electron chi connectivity index (χ3n) is 2.99. The first kappa shape index (κ1) is 16.8. The molecule has 1 aromatic rings. The van der Waals surface area contributed by atoms with Gasteiger partial charge in [0.15, 0.2) is 12.4 Å². The average molecular weight is 339 g/mol. The van der Waals surface area contributed by atoms with E-state index >= 15 is 0 Å². The van der Waals surface area contributed by atoms with Gasteiger partial charge in [-0.05, 0) is 18.2 Å². The van der Waals surface area contributed by atoms with Gasteiger partial charge in [0, 0.05) is 5.56 Å². The van der Waals surface area contributed by atoms with Crippen molar-refractivity contribution >= 4 is 41.1 Å². The molecule has 1 aromatic carbocycles. The monoisotopic (exact) mass is 339 g/mol. The summed E-state index contributed by atoms with van der Waals surface area (Å²) in [5.41, 5.74) is 0.652. The molecule has 2 rings (SSSR count). The van der Waals surface area contributed by atoms with Crippen LogP contribution in [0.25, 0.3) is 0 Å². The second-order valence-corrected chi connectivity index (χ2v) is 5.90. The molecule has 1 amide bonds. The Morgan fingerprint density at radius 3 is 2.70 bits per heavy atom. The van der Waals surface area contributed by atoms with Crippen molar-refractivity contribution in [3.05, 3.63) is 23.8 Å². The van der Waals surface area contributed by atoms with Crippen molar-refractivity contribution in [2.75, 3.05) is 17.7 Å². The highest BCUT2D eigenvalue weighted by atomic mass is 32.2. The number of amides is 1. The normalized spacial score (nSPS) is 14.2. The lowest BCUT2D eigenvalue weighted by Gasteiger charge is -2.18. The van der Waals surface area contributed by atoms with E-state index < -0.39 is 23.6 Å². The molecule has 1 atom stereocenters. The number of hydrogen-bond donors (Lipinski definition) is 3. The SMILES string of the molecule is O=C(O)C[C@@H](SCC(=O)c1ccc2c(c1)NC(=O)CO2)C(=O)O. The number of carboxylic acids is 2. The minimum absolute atomic E-state index is 0.0916. The van der Waals surface area contributed by atoms with Crippen LogP contribution in [-0.2, 0) is 14.4 Å². The highest BCUT2D eigenvalue weighted by Crippen LogP contribution is 2.29. The number of hydrogen-bond acceptors (Lipinski definition) is 6. The van der Waals surface area contributed by atoms with Crippen molar-refractivity contribution in [1.82, 2.24) is 0 Å². The number of carboxylic acid groups (broad SMARTS) is 2. The Bertz CT molecular complexity index is 673. The maximum absolute atomic E-state index is 12.1. The molecule has 0 fully saturated rings. The van der Waals surface area contributed by atoms with E-state index in [0.717, 1.165) is 11.8 Å². The Morgan fingerprint density at radius 1 is 1.30 bits per heavy atom. The van der Waals surface area contributed by atoms with E-state index in [1.54, 1.807) is 6.07 Å². The van der Waals surface area contributed by atoms with Crippen LogP contribution < -0.4 is 10.1 Å². The Balaban J connectivity index is 2.03. The van der Waals surface area contributed by atoms with Gasteiger partial charge in [-0.2, -0.15) is 0 Å². The number of Topliss-reactive ketones (excluding diaryl/α,β-unsaturated/α-hetero) is 1. The molecule has 1 heterocycles. The number of carbonyl (C=O) groups excluding carboxylic acids is 2. The van der Waals surface area contributed by atoms with E-state index in [1.807, 2.05) is 0 Å². The molecule has 8 nitrogen and oxygen atoms in total. The third kappa shape index (κ3) is 4.46. The molecule has 122 valence electrons. The fraction of sp³-hybridized carbons (Fsp3) is 0.286. The predicted octanol–water partition coefficient (Wildman–Crippen LogP) is 0.861. The van der Waals surface area contributed by atoms with Gasteiger partial charge in [0.25, 0.3) is 5.91 Å². The smallest absolute Gasteiger partial charge is 0.317 e. The molecule has 0 spiro atoms. The van der Waals surface area contributed by atoms with Gasteiger partial charge in [-0.1, -0.05) is 0 Å². The van der Waals surface area contributed by atoms with Crippen LogP contribution in [-0.4, -0.2) is 51.5 Å². The molecule has 0 aromatic heterocycles. The Hall–Kier alpha value is -2.55. The highest BCUT2D eigenvalue weighted by Gasteiger charge is 2.23. The summed E-state index contributed by atoms with van der Waals surface area (Å²) in [4.78, 5) is 44.9. The molecule has 0 bridgehead atoms. The van der Waals surface area contributed by atoms with Crippen molar-refractivity contribution in [2.24, 2.45) is 0 Å². The maximum atomic E-state index is 12.1. The standard InChI is InChI=1S/C14H13NO7S/c16-9(6-23-11(14(20)21)4-13(18)19)7-1-2-10-8(3-7)15-12(17)5-22-10/h1-3,11H,4-6H2,(H,15,17)(H,18,19)(H,20,21)/t11-/m1/s1. The fourth-order valence-corrected chi connectivity index (χ4v) is 2.81. The molecular formula is C14H13NO7S. The molecule has 0 unspecified atom stereocenters. The van der Waals surface area contributed by atoms with E-state index in [9.17, 15) is 19.2 Å². The van der Waals surface area contributed by atoms with E-state index in [4.69, 9.17) is 14.9 Å². The molecule has 9 heteroatoms. The molecular weight excluding hydrogens is 326 g/mol. The van der Waals surface area contributed by atoms with Crippen molar-refractivity contribution in [3.8, 4) is 5.75 Å². The summed E-state index contributed by atoms with van der Waals surface area (Å²) in [6, 6.07) is 4.49. The number of benzene rings is 1. The number of thioether (sulfide) groups is 1. The lowest BCUT2D eigenvalue weighted by atomic mass is 10.1. The van der Waals surface area contributed by atoms with Crippen LogP contribution in [0.3, 0.4) is 0 Å². The van der Waals surface area contributed by atoms with Crippen LogP contribution in [0.2, 0.25) is 0 Å². The summed E-state index contributed by atoms with van der Waals surface area (Å²) in [5, 5.41) is 19.0. The van der Waals surface area contributed by atoms with Crippen molar-refractivity contribution in [1.29, 1.82) is 0 Å². The number of ketones is 1. The minimum Gasteiger partial charge on any atom is -0.482 e. The van der Waals surface area contributed by atoms with E-state index in [1.165, 1.54) is 12.1 Å². The lowest BCUT2D eigenvalue weighted by Crippen LogP contribution is -2.25. The van der Waals surface area contributed by atoms with Crippen molar-refractivity contribution in [3.63, 3.8) is 0 Å². The summed E-state index contributed by atoms with van der Waals surface area (Å²) in [6.45, 7) is -0.0916. The molecule has 0 aliphatic carbocycles. The number of aliphatic carboxylic acids is 2. The first-order chi connectivity index (χ1) is 10.9. The maximum Gasteiger partial charge on any atom is 0.317 e. The zero-order chi connectivity index (χ0) is 17.0.